The summed E-state index contributed by atoms with van der Waals surface area (Å²) >= 11 is 0. The molecule has 1 aromatic carbocycles. The summed E-state index contributed by atoms with van der Waals surface area (Å²) in [5.41, 5.74) is 3.04. The third-order valence-electron chi connectivity index (χ3n) is 3.15. The van der Waals surface area contributed by atoms with Crippen LogP contribution in [0.1, 0.15) is 25.3 Å². The van der Waals surface area contributed by atoms with Gasteiger partial charge in [0.05, 0.1) is 5.69 Å². The number of benzene rings is 1. The minimum atomic E-state index is -0.393. The van der Waals surface area contributed by atoms with Crippen LogP contribution in [0.3, 0.4) is 0 Å². The van der Waals surface area contributed by atoms with Crippen molar-refractivity contribution in [1.82, 2.24) is 9.88 Å². The highest BCUT2D eigenvalue weighted by atomic mass is 16.6. The lowest BCUT2D eigenvalue weighted by Crippen LogP contribution is -2.25. The summed E-state index contributed by atoms with van der Waals surface area (Å²) in [6.07, 6.45) is 1.42. The van der Waals surface area contributed by atoms with Crippen molar-refractivity contribution >= 4 is 6.09 Å². The van der Waals surface area contributed by atoms with Crippen LogP contribution in [0.2, 0.25) is 0 Å². The fourth-order valence-corrected chi connectivity index (χ4v) is 1.87. The number of rotatable bonds is 3. The first-order chi connectivity index (χ1) is 9.97. The van der Waals surface area contributed by atoms with E-state index >= 15 is 0 Å². The summed E-state index contributed by atoms with van der Waals surface area (Å²) in [5, 5.41) is 0. The first kappa shape index (κ1) is 15.0. The molecule has 0 radical (unpaired) electrons. The highest BCUT2D eigenvalue weighted by Crippen LogP contribution is 2.25. The van der Waals surface area contributed by atoms with Crippen molar-refractivity contribution in [2.45, 2.75) is 19.8 Å². The number of amides is 1. The van der Waals surface area contributed by atoms with Gasteiger partial charge in [0.25, 0.3) is 0 Å². The summed E-state index contributed by atoms with van der Waals surface area (Å²) in [6.45, 7) is 4.29. The number of pyridine rings is 1. The molecule has 2 aromatic rings. The Bertz CT molecular complexity index is 636. The zero-order valence-electron chi connectivity index (χ0n) is 12.8. The van der Waals surface area contributed by atoms with Crippen molar-refractivity contribution in [2.24, 2.45) is 0 Å². The van der Waals surface area contributed by atoms with Crippen LogP contribution in [0.25, 0.3) is 11.3 Å². The third kappa shape index (κ3) is 3.81. The lowest BCUT2D eigenvalue weighted by atomic mass is 10.0. The van der Waals surface area contributed by atoms with Gasteiger partial charge in [0, 0.05) is 25.9 Å². The molecule has 0 N–H and O–H groups in total. The Morgan fingerprint density at radius 1 is 1.19 bits per heavy atom. The van der Waals surface area contributed by atoms with Gasteiger partial charge < -0.3 is 9.64 Å². The van der Waals surface area contributed by atoms with Crippen LogP contribution >= 0.6 is 0 Å². The lowest BCUT2D eigenvalue weighted by molar-refractivity contribution is 0.172. The minimum absolute atomic E-state index is 0.393. The molecular formula is C17H20N2O2. The largest absolute Gasteiger partial charge is 0.414 e. The number of aromatic nitrogens is 1. The number of carbonyl (C=O) groups is 1. The van der Waals surface area contributed by atoms with Gasteiger partial charge in [-0.1, -0.05) is 26.0 Å². The first-order valence-electron chi connectivity index (χ1n) is 6.93. The maximum Gasteiger partial charge on any atom is 0.414 e. The van der Waals surface area contributed by atoms with Crippen LogP contribution < -0.4 is 4.74 Å². The van der Waals surface area contributed by atoms with E-state index in [4.69, 9.17) is 4.74 Å². The van der Waals surface area contributed by atoms with Gasteiger partial charge in [-0.25, -0.2) is 4.79 Å². The van der Waals surface area contributed by atoms with E-state index in [2.05, 4.69) is 24.9 Å². The standard InChI is InChI=1S/C17H20N2O2/c1-12(2)13-8-9-18-16(11-13)14-6-5-7-15(10-14)21-17(20)19(3)4/h5-12H,1-4H3. The molecular weight excluding hydrogens is 264 g/mol. The first-order valence-corrected chi connectivity index (χ1v) is 6.93. The molecule has 4 nitrogen and oxygen atoms in total. The van der Waals surface area contributed by atoms with Gasteiger partial charge in [0.1, 0.15) is 5.75 Å². The molecule has 0 bridgehead atoms. The highest BCUT2D eigenvalue weighted by molar-refractivity contribution is 5.71. The van der Waals surface area contributed by atoms with Crippen molar-refractivity contribution in [3.05, 3.63) is 48.2 Å². The van der Waals surface area contributed by atoms with Gasteiger partial charge in [-0.3, -0.25) is 4.98 Å². The molecule has 4 heteroatoms. The number of hydrogen-bond acceptors (Lipinski definition) is 3. The van der Waals surface area contributed by atoms with Gasteiger partial charge >= 0.3 is 6.09 Å². The Balaban J connectivity index is 2.29. The molecule has 0 fully saturated rings. The van der Waals surface area contributed by atoms with E-state index in [1.165, 1.54) is 10.5 Å². The molecule has 0 atom stereocenters. The summed E-state index contributed by atoms with van der Waals surface area (Å²) in [7, 11) is 3.31. The SMILES string of the molecule is CC(C)c1ccnc(-c2cccc(OC(=O)N(C)C)c2)c1. The molecule has 0 aliphatic heterocycles. The van der Waals surface area contributed by atoms with E-state index in [1.54, 1.807) is 20.2 Å². The van der Waals surface area contributed by atoms with E-state index in [0.717, 1.165) is 11.3 Å². The normalized spacial score (nSPS) is 10.5. The van der Waals surface area contributed by atoms with Crippen molar-refractivity contribution in [3.8, 4) is 17.0 Å². The van der Waals surface area contributed by atoms with Crippen molar-refractivity contribution in [2.75, 3.05) is 14.1 Å². The van der Waals surface area contributed by atoms with E-state index in [1.807, 2.05) is 30.5 Å². The predicted octanol–water partition coefficient (Wildman–Crippen LogP) is 3.93. The van der Waals surface area contributed by atoms with Crippen molar-refractivity contribution in [1.29, 1.82) is 0 Å². The zero-order chi connectivity index (χ0) is 15.4. The second-order valence-corrected chi connectivity index (χ2v) is 5.42. The zero-order valence-corrected chi connectivity index (χ0v) is 12.8. The quantitative estimate of drug-likeness (QED) is 0.857. The van der Waals surface area contributed by atoms with Crippen LogP contribution in [0.5, 0.6) is 5.75 Å². The molecule has 1 amide bonds. The smallest absolute Gasteiger partial charge is 0.410 e. The number of ether oxygens (including phenoxy) is 1. The van der Waals surface area contributed by atoms with Gasteiger partial charge in [-0.05, 0) is 35.7 Å². The number of nitrogens with zero attached hydrogens (tertiary/aromatic N) is 2. The fraction of sp³-hybridized carbons (Fsp3) is 0.294. The molecule has 0 saturated carbocycles. The Labute approximate surface area is 125 Å². The third-order valence-corrected chi connectivity index (χ3v) is 3.15. The van der Waals surface area contributed by atoms with Crippen LogP contribution in [0.15, 0.2) is 42.6 Å². The Hall–Kier alpha value is -2.36. The second kappa shape index (κ2) is 6.39. The highest BCUT2D eigenvalue weighted by Gasteiger charge is 2.09. The fourth-order valence-electron chi connectivity index (χ4n) is 1.87. The number of hydrogen-bond donors (Lipinski definition) is 0. The van der Waals surface area contributed by atoms with Crippen LogP contribution in [-0.2, 0) is 0 Å². The number of carbonyl (C=O) groups excluding carboxylic acids is 1. The van der Waals surface area contributed by atoms with Gasteiger partial charge in [-0.2, -0.15) is 0 Å². The average Bonchev–Trinajstić information content (AvgIpc) is 2.47. The minimum Gasteiger partial charge on any atom is -0.410 e. The molecule has 1 heterocycles. The molecule has 0 unspecified atom stereocenters. The van der Waals surface area contributed by atoms with E-state index < -0.39 is 6.09 Å². The van der Waals surface area contributed by atoms with Crippen LogP contribution in [0, 0.1) is 0 Å². The van der Waals surface area contributed by atoms with E-state index in [-0.39, 0.29) is 0 Å². The van der Waals surface area contributed by atoms with Crippen molar-refractivity contribution in [3.63, 3.8) is 0 Å². The molecule has 1 aromatic heterocycles. The summed E-state index contributed by atoms with van der Waals surface area (Å²) in [5.74, 6) is 0.962. The predicted molar refractivity (Wildman–Crippen MR) is 83.5 cm³/mol. The summed E-state index contributed by atoms with van der Waals surface area (Å²) in [6, 6.07) is 11.5. The topological polar surface area (TPSA) is 42.4 Å². The molecule has 0 aliphatic carbocycles. The van der Waals surface area contributed by atoms with Crippen molar-refractivity contribution < 1.29 is 9.53 Å². The summed E-state index contributed by atoms with van der Waals surface area (Å²) in [4.78, 5) is 17.4. The second-order valence-electron chi connectivity index (χ2n) is 5.42. The molecule has 2 rings (SSSR count). The van der Waals surface area contributed by atoms with Gasteiger partial charge in [-0.15, -0.1) is 0 Å². The van der Waals surface area contributed by atoms with Gasteiger partial charge in [0.15, 0.2) is 0 Å². The Kier molecular flexibility index (Phi) is 4.58. The maximum absolute atomic E-state index is 11.6. The Morgan fingerprint density at radius 3 is 2.62 bits per heavy atom. The maximum atomic E-state index is 11.6. The summed E-state index contributed by atoms with van der Waals surface area (Å²) < 4.78 is 5.27. The molecule has 110 valence electrons. The molecule has 0 spiro atoms. The van der Waals surface area contributed by atoms with Crippen LogP contribution in [0.4, 0.5) is 4.79 Å². The average molecular weight is 284 g/mol. The molecule has 21 heavy (non-hydrogen) atoms. The Morgan fingerprint density at radius 2 is 1.95 bits per heavy atom. The van der Waals surface area contributed by atoms with Crippen LogP contribution in [-0.4, -0.2) is 30.1 Å². The lowest BCUT2D eigenvalue weighted by Gasteiger charge is -2.12. The van der Waals surface area contributed by atoms with E-state index in [0.29, 0.717) is 11.7 Å². The molecule has 0 saturated heterocycles. The molecule has 0 aliphatic rings. The van der Waals surface area contributed by atoms with E-state index in [9.17, 15) is 4.79 Å². The monoisotopic (exact) mass is 284 g/mol. The van der Waals surface area contributed by atoms with Gasteiger partial charge in [0.2, 0.25) is 0 Å².